The number of rotatable bonds is 5. The largest absolute Gasteiger partial charge is 0.456 e. The topological polar surface area (TPSA) is 42.4 Å². The van der Waals surface area contributed by atoms with E-state index in [1.54, 1.807) is 0 Å². The van der Waals surface area contributed by atoms with Gasteiger partial charge in [-0.05, 0) is 71.1 Å². The van der Waals surface area contributed by atoms with Gasteiger partial charge in [0, 0.05) is 39.2 Å². The van der Waals surface area contributed by atoms with Crippen molar-refractivity contribution in [1.82, 2.24) is 4.98 Å². The Labute approximate surface area is 259 Å². The summed E-state index contributed by atoms with van der Waals surface area (Å²) in [6, 6.07) is 54.6. The molecule has 0 N–H and O–H groups in total. The number of benzene rings is 7. The Kier molecular flexibility index (Phi) is 5.78. The van der Waals surface area contributed by atoms with Crippen LogP contribution in [0.15, 0.2) is 167 Å². The lowest BCUT2D eigenvalue weighted by Crippen LogP contribution is -2.10. The van der Waals surface area contributed by atoms with Gasteiger partial charge < -0.3 is 13.7 Å². The van der Waals surface area contributed by atoms with Crippen LogP contribution in [-0.4, -0.2) is 4.98 Å². The molecule has 0 saturated heterocycles. The maximum atomic E-state index is 6.52. The zero-order valence-electron chi connectivity index (χ0n) is 24.2. The first kappa shape index (κ1) is 25.4. The Morgan fingerprint density at radius 3 is 2.07 bits per heavy atom. The van der Waals surface area contributed by atoms with Crippen LogP contribution in [-0.2, 0) is 0 Å². The quantitative estimate of drug-likeness (QED) is 0.204. The van der Waals surface area contributed by atoms with Gasteiger partial charge >= 0.3 is 0 Å². The van der Waals surface area contributed by atoms with E-state index in [0.29, 0.717) is 5.89 Å². The summed E-state index contributed by atoms with van der Waals surface area (Å²) in [6.45, 7) is 0. The van der Waals surface area contributed by atoms with Crippen molar-refractivity contribution in [3.05, 3.63) is 158 Å². The molecule has 212 valence electrons. The molecule has 7 aromatic carbocycles. The average molecular weight is 579 g/mol. The fourth-order valence-electron chi connectivity index (χ4n) is 6.38. The second-order valence-electron chi connectivity index (χ2n) is 11.2. The van der Waals surface area contributed by atoms with Gasteiger partial charge in [0.05, 0.1) is 5.69 Å². The summed E-state index contributed by atoms with van der Waals surface area (Å²) in [4.78, 5) is 7.10. The molecule has 2 aromatic heterocycles. The molecule has 0 aliphatic heterocycles. The first-order chi connectivity index (χ1) is 22.3. The highest BCUT2D eigenvalue weighted by atomic mass is 16.3. The minimum Gasteiger partial charge on any atom is -0.456 e. The standard InChI is InChI=1S/C41H26N2O2/c1-2-10-27(11-3-1)28-20-22-30(23-21-28)43(36-17-8-13-29-12-4-5-14-32(29)36)31-24-25-33-39(26-31)44-38-19-9-15-34(40(33)38)41-42-35-16-6-7-18-37(35)45-41/h1-26H. The number of aromatic nitrogens is 1. The van der Waals surface area contributed by atoms with Gasteiger partial charge in [-0.2, -0.15) is 0 Å². The molecule has 9 rings (SSSR count). The molecule has 0 spiro atoms. The van der Waals surface area contributed by atoms with Gasteiger partial charge in [0.2, 0.25) is 5.89 Å². The summed E-state index contributed by atoms with van der Waals surface area (Å²) in [5, 5.41) is 4.38. The van der Waals surface area contributed by atoms with Crippen LogP contribution < -0.4 is 4.90 Å². The van der Waals surface area contributed by atoms with E-state index in [2.05, 4.69) is 114 Å². The monoisotopic (exact) mass is 578 g/mol. The Morgan fingerprint density at radius 1 is 0.467 bits per heavy atom. The van der Waals surface area contributed by atoms with Crippen molar-refractivity contribution in [2.24, 2.45) is 0 Å². The molecular weight excluding hydrogens is 552 g/mol. The molecule has 0 fully saturated rings. The minimum absolute atomic E-state index is 0.587. The third-order valence-corrected chi connectivity index (χ3v) is 8.50. The molecule has 4 heteroatoms. The molecule has 0 aliphatic rings. The van der Waals surface area contributed by atoms with Crippen LogP contribution in [0, 0.1) is 0 Å². The highest BCUT2D eigenvalue weighted by molar-refractivity contribution is 6.13. The summed E-state index contributed by atoms with van der Waals surface area (Å²) in [5.74, 6) is 0.587. The predicted octanol–water partition coefficient (Wildman–Crippen LogP) is 11.7. The molecular formula is C41H26N2O2. The van der Waals surface area contributed by atoms with Gasteiger partial charge in [-0.3, -0.25) is 0 Å². The fraction of sp³-hybridized carbons (Fsp3) is 0. The van der Waals surface area contributed by atoms with Crippen LogP contribution in [0.2, 0.25) is 0 Å². The van der Waals surface area contributed by atoms with Crippen molar-refractivity contribution in [3.63, 3.8) is 0 Å². The summed E-state index contributed by atoms with van der Waals surface area (Å²) in [6.07, 6.45) is 0. The van der Waals surface area contributed by atoms with Gasteiger partial charge in [0.25, 0.3) is 0 Å². The summed E-state index contributed by atoms with van der Waals surface area (Å²) < 4.78 is 12.7. The Hall–Kier alpha value is -6.13. The Bertz CT molecular complexity index is 2450. The molecule has 0 radical (unpaired) electrons. The molecule has 0 saturated carbocycles. The lowest BCUT2D eigenvalue weighted by atomic mass is 10.0. The molecule has 4 nitrogen and oxygen atoms in total. The third kappa shape index (κ3) is 4.27. The second-order valence-corrected chi connectivity index (χ2v) is 11.2. The van der Waals surface area contributed by atoms with Crippen molar-refractivity contribution >= 4 is 60.9 Å². The van der Waals surface area contributed by atoms with Crippen LogP contribution >= 0.6 is 0 Å². The van der Waals surface area contributed by atoms with E-state index in [4.69, 9.17) is 13.8 Å². The van der Waals surface area contributed by atoms with Crippen molar-refractivity contribution in [2.45, 2.75) is 0 Å². The van der Waals surface area contributed by atoms with E-state index in [1.165, 1.54) is 21.9 Å². The van der Waals surface area contributed by atoms with Gasteiger partial charge in [-0.25, -0.2) is 4.98 Å². The lowest BCUT2D eigenvalue weighted by molar-refractivity contribution is 0.620. The number of para-hydroxylation sites is 2. The Balaban J connectivity index is 1.22. The van der Waals surface area contributed by atoms with Crippen LogP contribution in [0.1, 0.15) is 0 Å². The highest BCUT2D eigenvalue weighted by Gasteiger charge is 2.20. The normalized spacial score (nSPS) is 11.6. The van der Waals surface area contributed by atoms with Crippen LogP contribution in [0.5, 0.6) is 0 Å². The van der Waals surface area contributed by atoms with E-state index in [0.717, 1.165) is 55.7 Å². The van der Waals surface area contributed by atoms with E-state index >= 15 is 0 Å². The molecule has 0 atom stereocenters. The summed E-state index contributed by atoms with van der Waals surface area (Å²) in [7, 11) is 0. The number of fused-ring (bicyclic) bond motifs is 5. The fourth-order valence-corrected chi connectivity index (χ4v) is 6.38. The molecule has 45 heavy (non-hydrogen) atoms. The van der Waals surface area contributed by atoms with Gasteiger partial charge in [0.1, 0.15) is 16.7 Å². The maximum absolute atomic E-state index is 6.52. The third-order valence-electron chi connectivity index (χ3n) is 8.50. The van der Waals surface area contributed by atoms with Crippen molar-refractivity contribution in [3.8, 4) is 22.6 Å². The van der Waals surface area contributed by atoms with Gasteiger partial charge in [-0.15, -0.1) is 0 Å². The van der Waals surface area contributed by atoms with Crippen molar-refractivity contribution in [1.29, 1.82) is 0 Å². The van der Waals surface area contributed by atoms with Gasteiger partial charge in [0.15, 0.2) is 5.58 Å². The van der Waals surface area contributed by atoms with E-state index in [9.17, 15) is 0 Å². The number of anilines is 3. The van der Waals surface area contributed by atoms with E-state index in [-0.39, 0.29) is 0 Å². The lowest BCUT2D eigenvalue weighted by Gasteiger charge is -2.27. The molecule has 0 aliphatic carbocycles. The first-order valence-electron chi connectivity index (χ1n) is 15.0. The van der Waals surface area contributed by atoms with Crippen LogP contribution in [0.3, 0.4) is 0 Å². The molecule has 9 aromatic rings. The Morgan fingerprint density at radius 2 is 1.18 bits per heavy atom. The second kappa shape index (κ2) is 10.2. The molecule has 0 amide bonds. The number of hydrogen-bond donors (Lipinski definition) is 0. The molecule has 0 bridgehead atoms. The number of oxazole rings is 1. The maximum Gasteiger partial charge on any atom is 0.228 e. The predicted molar refractivity (Wildman–Crippen MR) is 184 cm³/mol. The molecule has 2 heterocycles. The number of furan rings is 1. The highest BCUT2D eigenvalue weighted by Crippen LogP contribution is 2.43. The van der Waals surface area contributed by atoms with Gasteiger partial charge in [-0.1, -0.05) is 97.1 Å². The zero-order chi connectivity index (χ0) is 29.7. The van der Waals surface area contributed by atoms with Crippen LogP contribution in [0.25, 0.3) is 66.4 Å². The number of hydrogen-bond acceptors (Lipinski definition) is 4. The average Bonchev–Trinajstić information content (AvgIpc) is 3.71. The SMILES string of the molecule is c1ccc(-c2ccc(N(c3ccc4c(c3)oc3cccc(-c5nc6ccccc6o5)c34)c3cccc4ccccc34)cc2)cc1. The van der Waals surface area contributed by atoms with Crippen LogP contribution in [0.4, 0.5) is 17.1 Å². The summed E-state index contributed by atoms with van der Waals surface area (Å²) in [5.41, 5.74) is 9.66. The summed E-state index contributed by atoms with van der Waals surface area (Å²) >= 11 is 0. The first-order valence-corrected chi connectivity index (χ1v) is 15.0. The van der Waals surface area contributed by atoms with Crippen molar-refractivity contribution < 1.29 is 8.83 Å². The van der Waals surface area contributed by atoms with E-state index in [1.807, 2.05) is 48.5 Å². The van der Waals surface area contributed by atoms with E-state index < -0.39 is 0 Å². The zero-order valence-corrected chi connectivity index (χ0v) is 24.2. The number of nitrogens with zero attached hydrogens (tertiary/aromatic N) is 2. The molecule has 0 unspecified atom stereocenters. The minimum atomic E-state index is 0.587. The van der Waals surface area contributed by atoms with Crippen molar-refractivity contribution in [2.75, 3.05) is 4.90 Å². The smallest absolute Gasteiger partial charge is 0.228 e.